The molecule has 2 atom stereocenters. The minimum Gasteiger partial charge on any atom is -0.508 e. The normalized spacial score (nSPS) is 23.6. The average Bonchev–Trinajstić information content (AvgIpc) is 3.49. The summed E-state index contributed by atoms with van der Waals surface area (Å²) >= 11 is 0. The van der Waals surface area contributed by atoms with Gasteiger partial charge in [-0.05, 0) is 76.5 Å². The van der Waals surface area contributed by atoms with Gasteiger partial charge in [0.2, 0.25) is 0 Å². The molecule has 11 heteroatoms. The van der Waals surface area contributed by atoms with Crippen molar-refractivity contribution in [1.82, 2.24) is 9.80 Å². The molecule has 2 aromatic carbocycles. The molecule has 2 fully saturated rings. The fraction of sp³-hybridized carbons (Fsp3) is 0.457. The van der Waals surface area contributed by atoms with Crippen molar-refractivity contribution >= 4 is 35.1 Å². The van der Waals surface area contributed by atoms with Crippen LogP contribution in [0.3, 0.4) is 0 Å². The van der Waals surface area contributed by atoms with E-state index >= 15 is 4.39 Å². The summed E-state index contributed by atoms with van der Waals surface area (Å²) in [6.45, 7) is 7.52. The second-order valence-electron chi connectivity index (χ2n) is 11.9. The minimum atomic E-state index is -0.849. The van der Waals surface area contributed by atoms with Gasteiger partial charge in [-0.25, -0.2) is 13.8 Å². The third-order valence-corrected chi connectivity index (χ3v) is 9.30. The van der Waals surface area contributed by atoms with Crippen molar-refractivity contribution in [2.75, 3.05) is 53.4 Å². The number of terminal acetylenes is 1. The number of allylic oxidation sites excluding steroid dienone is 2. The van der Waals surface area contributed by atoms with E-state index in [4.69, 9.17) is 15.9 Å². The second-order valence-corrected chi connectivity index (χ2v) is 11.9. The lowest BCUT2D eigenvalue weighted by Crippen LogP contribution is -2.49. The van der Waals surface area contributed by atoms with Crippen molar-refractivity contribution in [2.24, 2.45) is 20.4 Å². The van der Waals surface area contributed by atoms with Gasteiger partial charge in [-0.2, -0.15) is 0 Å². The number of fused-ring (bicyclic) bond motifs is 2. The van der Waals surface area contributed by atoms with Crippen molar-refractivity contribution < 1.29 is 28.5 Å². The highest BCUT2D eigenvalue weighted by Crippen LogP contribution is 2.47. The Morgan fingerprint density at radius 3 is 2.80 bits per heavy atom. The number of ether oxygens (including phenoxy) is 2. The Hall–Kier alpha value is -3.95. The van der Waals surface area contributed by atoms with Gasteiger partial charge >= 0.3 is 0 Å². The Bertz CT molecular complexity index is 1650. The van der Waals surface area contributed by atoms with E-state index in [1.807, 2.05) is 6.92 Å². The van der Waals surface area contributed by atoms with Crippen LogP contribution >= 0.6 is 0 Å². The van der Waals surface area contributed by atoms with Crippen LogP contribution in [-0.4, -0.2) is 98.1 Å². The number of likely N-dealkylation sites (tertiary alicyclic amines) is 1. The van der Waals surface area contributed by atoms with Crippen LogP contribution in [0.1, 0.15) is 50.2 Å². The van der Waals surface area contributed by atoms with Gasteiger partial charge in [0, 0.05) is 41.8 Å². The SMILES string of the molecule is C#Cc1c(F)ccc2cc(O)cc(C3=C(F)C(=N/COCC45CCCC4N(C)CCC5)/C(=C(\N=C)N(CO)CCOCC)C=N3)c12. The highest BCUT2D eigenvalue weighted by atomic mass is 19.1. The summed E-state index contributed by atoms with van der Waals surface area (Å²) in [5, 5.41) is 21.4. The summed E-state index contributed by atoms with van der Waals surface area (Å²) < 4.78 is 43.3. The van der Waals surface area contributed by atoms with Crippen LogP contribution in [0.25, 0.3) is 16.5 Å². The van der Waals surface area contributed by atoms with E-state index in [2.05, 4.69) is 39.6 Å². The smallest absolute Gasteiger partial charge is 0.175 e. The maximum Gasteiger partial charge on any atom is 0.175 e. The van der Waals surface area contributed by atoms with Gasteiger partial charge in [-0.1, -0.05) is 18.4 Å². The van der Waals surface area contributed by atoms with E-state index in [0.717, 1.165) is 38.6 Å². The molecule has 2 N–H and O–H groups in total. The van der Waals surface area contributed by atoms with Crippen molar-refractivity contribution in [2.45, 2.75) is 45.1 Å². The molecule has 0 amide bonds. The van der Waals surface area contributed by atoms with Gasteiger partial charge in [0.1, 0.15) is 42.3 Å². The number of hydrogen-bond acceptors (Lipinski definition) is 9. The highest BCUT2D eigenvalue weighted by molar-refractivity contribution is 6.29. The summed E-state index contributed by atoms with van der Waals surface area (Å²) in [6, 6.07) is 5.83. The topological polar surface area (TPSA) is 102 Å². The lowest BCUT2D eigenvalue weighted by atomic mass is 9.76. The number of piperidine rings is 1. The summed E-state index contributed by atoms with van der Waals surface area (Å²) in [7, 11) is 2.16. The molecule has 244 valence electrons. The van der Waals surface area contributed by atoms with E-state index in [0.29, 0.717) is 24.6 Å². The predicted molar refractivity (Wildman–Crippen MR) is 177 cm³/mol. The Morgan fingerprint density at radius 1 is 1.26 bits per heavy atom. The number of phenols is 1. The zero-order chi connectivity index (χ0) is 32.8. The maximum atomic E-state index is 16.8. The molecule has 0 aromatic heterocycles. The fourth-order valence-corrected chi connectivity index (χ4v) is 7.19. The first kappa shape index (κ1) is 33.4. The zero-order valence-corrected chi connectivity index (χ0v) is 26.4. The zero-order valence-electron chi connectivity index (χ0n) is 26.4. The number of aliphatic imine (C=N–C) groups is 3. The molecule has 2 aliphatic heterocycles. The lowest BCUT2D eigenvalue weighted by Gasteiger charge is -2.44. The van der Waals surface area contributed by atoms with Crippen LogP contribution in [0.5, 0.6) is 5.75 Å². The van der Waals surface area contributed by atoms with Crippen LogP contribution in [0.2, 0.25) is 0 Å². The number of nitrogens with zero attached hydrogens (tertiary/aromatic N) is 5. The number of benzene rings is 2. The Labute approximate surface area is 268 Å². The number of phenolic OH excluding ortho intramolecular Hbond substituents is 1. The summed E-state index contributed by atoms with van der Waals surface area (Å²) in [4.78, 5) is 17.0. The van der Waals surface area contributed by atoms with E-state index in [-0.39, 0.29) is 70.4 Å². The molecule has 0 bridgehead atoms. The predicted octanol–water partition coefficient (Wildman–Crippen LogP) is 5.27. The average molecular weight is 634 g/mol. The van der Waals surface area contributed by atoms with Gasteiger partial charge in [0.15, 0.2) is 5.83 Å². The fourth-order valence-electron chi connectivity index (χ4n) is 7.19. The molecular weight excluding hydrogens is 592 g/mol. The largest absolute Gasteiger partial charge is 0.508 e. The van der Waals surface area contributed by atoms with Crippen LogP contribution in [0, 0.1) is 23.6 Å². The number of aliphatic hydroxyl groups is 1. The standard InChI is InChI=1S/C35H41F2N5O4/c1-5-25-28(36)11-10-23-17-24(44)18-26(30(23)25)32-31(37)33(27(19-39-32)34(38-3)42(22-43)15-16-45-6-2)40-21-46-20-35-12-7-9-29(35)41(4)14-8-13-35/h1,10-11,17-19,29,43-44H,3,6-9,12-16,20-22H2,2,4H3/b34-27+,40-33+. The second kappa shape index (κ2) is 14.6. The van der Waals surface area contributed by atoms with Crippen molar-refractivity contribution in [3.8, 4) is 18.1 Å². The summed E-state index contributed by atoms with van der Waals surface area (Å²) in [5.74, 6) is 0.827. The van der Waals surface area contributed by atoms with Crippen LogP contribution in [0.4, 0.5) is 8.78 Å². The molecule has 2 heterocycles. The first-order valence-electron chi connectivity index (χ1n) is 15.6. The first-order chi connectivity index (χ1) is 22.3. The number of rotatable bonds is 12. The first-order valence-corrected chi connectivity index (χ1v) is 15.6. The molecule has 2 unspecified atom stereocenters. The minimum absolute atomic E-state index is 0.0381. The molecule has 3 aliphatic rings. The van der Waals surface area contributed by atoms with Crippen molar-refractivity contribution in [1.29, 1.82) is 0 Å². The quantitative estimate of drug-likeness (QED) is 0.143. The molecule has 1 aliphatic carbocycles. The molecule has 5 rings (SSSR count). The van der Waals surface area contributed by atoms with E-state index in [1.54, 1.807) is 0 Å². The number of halogens is 2. The van der Waals surface area contributed by atoms with E-state index in [1.165, 1.54) is 35.4 Å². The molecule has 0 spiro atoms. The van der Waals surface area contributed by atoms with Crippen LogP contribution in [0.15, 0.2) is 56.5 Å². The van der Waals surface area contributed by atoms with Gasteiger partial charge in [-0.3, -0.25) is 9.98 Å². The van der Waals surface area contributed by atoms with Crippen molar-refractivity contribution in [3.63, 3.8) is 0 Å². The van der Waals surface area contributed by atoms with Gasteiger partial charge in [-0.15, -0.1) is 6.42 Å². The molecule has 2 aromatic rings. The Kier molecular flexibility index (Phi) is 10.6. The molecule has 9 nitrogen and oxygen atoms in total. The summed E-state index contributed by atoms with van der Waals surface area (Å²) in [6.07, 6.45) is 12.6. The van der Waals surface area contributed by atoms with Crippen LogP contribution in [-0.2, 0) is 9.47 Å². The third-order valence-electron chi connectivity index (χ3n) is 9.30. The number of aromatic hydroxyl groups is 1. The van der Waals surface area contributed by atoms with Gasteiger partial charge < -0.3 is 29.5 Å². The summed E-state index contributed by atoms with van der Waals surface area (Å²) in [5.41, 5.74) is -0.0838. The molecule has 46 heavy (non-hydrogen) atoms. The maximum absolute atomic E-state index is 16.8. The lowest BCUT2D eigenvalue weighted by molar-refractivity contribution is -0.0243. The van der Waals surface area contributed by atoms with Crippen LogP contribution < -0.4 is 0 Å². The molecular formula is C35H41F2N5O4. The monoisotopic (exact) mass is 633 g/mol. The van der Waals surface area contributed by atoms with E-state index in [9.17, 15) is 14.6 Å². The molecule has 0 radical (unpaired) electrons. The number of hydrogen-bond donors (Lipinski definition) is 2. The Morgan fingerprint density at radius 2 is 2.07 bits per heavy atom. The molecule has 1 saturated carbocycles. The van der Waals surface area contributed by atoms with Gasteiger partial charge in [0.05, 0.1) is 24.4 Å². The Balaban J connectivity index is 1.58. The van der Waals surface area contributed by atoms with Gasteiger partial charge in [0.25, 0.3) is 0 Å². The third kappa shape index (κ3) is 6.48. The highest BCUT2D eigenvalue weighted by Gasteiger charge is 2.46. The number of aliphatic hydroxyl groups excluding tert-OH is 1. The van der Waals surface area contributed by atoms with E-state index < -0.39 is 18.4 Å². The van der Waals surface area contributed by atoms with Crippen molar-refractivity contribution in [3.05, 3.63) is 58.4 Å². The molecule has 1 saturated heterocycles.